The molecule has 1 fully saturated rings. The van der Waals surface area contributed by atoms with Gasteiger partial charge in [-0.25, -0.2) is 4.98 Å². The van der Waals surface area contributed by atoms with Crippen LogP contribution in [0.1, 0.15) is 33.3 Å². The standard InChI is InChI=1S/C15H24N2S/c1-12(2)15(3,4)13-5-6-14(16-11-13)17-7-9-18-10-8-17/h5-6,11-12H,7-10H2,1-4H3. The SMILES string of the molecule is CC(C)C(C)(C)c1ccc(N2CCSCC2)nc1. The molecule has 0 aromatic carbocycles. The molecule has 18 heavy (non-hydrogen) atoms. The molecule has 0 radical (unpaired) electrons. The molecule has 3 heteroatoms. The molecule has 0 bridgehead atoms. The molecule has 100 valence electrons. The predicted octanol–water partition coefficient (Wildman–Crippen LogP) is 3.57. The van der Waals surface area contributed by atoms with Crippen molar-refractivity contribution in [3.63, 3.8) is 0 Å². The highest BCUT2D eigenvalue weighted by Gasteiger charge is 2.25. The fourth-order valence-corrected chi connectivity index (χ4v) is 2.98. The van der Waals surface area contributed by atoms with Crippen LogP contribution in [0.2, 0.25) is 0 Å². The molecule has 0 N–H and O–H groups in total. The molecule has 0 aliphatic carbocycles. The molecular formula is C15H24N2S. The largest absolute Gasteiger partial charge is 0.355 e. The molecule has 1 aromatic rings. The van der Waals surface area contributed by atoms with Gasteiger partial charge in [-0.05, 0) is 23.0 Å². The van der Waals surface area contributed by atoms with Crippen LogP contribution in [0.15, 0.2) is 18.3 Å². The second-order valence-corrected chi connectivity index (χ2v) is 7.11. The normalized spacial score (nSPS) is 17.3. The van der Waals surface area contributed by atoms with Crippen molar-refractivity contribution < 1.29 is 0 Å². The smallest absolute Gasteiger partial charge is 0.128 e. The van der Waals surface area contributed by atoms with Crippen molar-refractivity contribution in [2.45, 2.75) is 33.1 Å². The van der Waals surface area contributed by atoms with Crippen LogP contribution in [-0.4, -0.2) is 29.6 Å². The zero-order chi connectivity index (χ0) is 13.2. The number of pyridine rings is 1. The molecular weight excluding hydrogens is 240 g/mol. The van der Waals surface area contributed by atoms with Crippen molar-refractivity contribution in [2.24, 2.45) is 5.92 Å². The lowest BCUT2D eigenvalue weighted by atomic mass is 9.76. The van der Waals surface area contributed by atoms with Gasteiger partial charge in [0, 0.05) is 30.8 Å². The fraction of sp³-hybridized carbons (Fsp3) is 0.667. The fourth-order valence-electron chi connectivity index (χ4n) is 2.08. The summed E-state index contributed by atoms with van der Waals surface area (Å²) in [5.74, 6) is 4.21. The van der Waals surface area contributed by atoms with Crippen molar-refractivity contribution in [1.82, 2.24) is 4.98 Å². The van der Waals surface area contributed by atoms with Gasteiger partial charge in [-0.15, -0.1) is 0 Å². The van der Waals surface area contributed by atoms with E-state index >= 15 is 0 Å². The van der Waals surface area contributed by atoms with Gasteiger partial charge in [0.15, 0.2) is 0 Å². The Morgan fingerprint density at radius 3 is 2.39 bits per heavy atom. The van der Waals surface area contributed by atoms with Crippen LogP contribution < -0.4 is 4.90 Å². The van der Waals surface area contributed by atoms with Crippen LogP contribution in [0.25, 0.3) is 0 Å². The lowest BCUT2D eigenvalue weighted by molar-refractivity contribution is 0.371. The predicted molar refractivity (Wildman–Crippen MR) is 81.6 cm³/mol. The lowest BCUT2D eigenvalue weighted by Crippen LogP contribution is -2.33. The molecule has 1 aromatic heterocycles. The van der Waals surface area contributed by atoms with Gasteiger partial charge in [-0.2, -0.15) is 11.8 Å². The maximum absolute atomic E-state index is 4.67. The summed E-state index contributed by atoms with van der Waals surface area (Å²) in [4.78, 5) is 7.06. The summed E-state index contributed by atoms with van der Waals surface area (Å²) in [5, 5.41) is 0. The van der Waals surface area contributed by atoms with Gasteiger partial charge in [0.05, 0.1) is 0 Å². The summed E-state index contributed by atoms with van der Waals surface area (Å²) < 4.78 is 0. The average Bonchev–Trinajstić information content (AvgIpc) is 2.40. The van der Waals surface area contributed by atoms with E-state index in [0.29, 0.717) is 5.92 Å². The molecule has 0 amide bonds. The third kappa shape index (κ3) is 2.82. The van der Waals surface area contributed by atoms with E-state index in [1.54, 1.807) is 0 Å². The molecule has 0 unspecified atom stereocenters. The molecule has 0 spiro atoms. The first-order valence-corrected chi connectivity index (χ1v) is 7.96. The van der Waals surface area contributed by atoms with E-state index in [4.69, 9.17) is 0 Å². The Hall–Kier alpha value is -0.700. The van der Waals surface area contributed by atoms with Crippen molar-refractivity contribution in [1.29, 1.82) is 0 Å². The molecule has 0 saturated carbocycles. The number of thioether (sulfide) groups is 1. The minimum Gasteiger partial charge on any atom is -0.355 e. The van der Waals surface area contributed by atoms with Crippen LogP contribution >= 0.6 is 11.8 Å². The van der Waals surface area contributed by atoms with Gasteiger partial charge in [-0.3, -0.25) is 0 Å². The first kappa shape index (κ1) is 13.7. The molecule has 2 heterocycles. The van der Waals surface area contributed by atoms with Gasteiger partial charge in [0.1, 0.15) is 5.82 Å². The Labute approximate surface area is 115 Å². The quantitative estimate of drug-likeness (QED) is 0.830. The lowest BCUT2D eigenvalue weighted by Gasteiger charge is -2.31. The van der Waals surface area contributed by atoms with Gasteiger partial charge in [0.25, 0.3) is 0 Å². The number of nitrogens with zero attached hydrogens (tertiary/aromatic N) is 2. The second-order valence-electron chi connectivity index (χ2n) is 5.88. The van der Waals surface area contributed by atoms with E-state index < -0.39 is 0 Å². The van der Waals surface area contributed by atoms with E-state index in [9.17, 15) is 0 Å². The number of hydrogen-bond donors (Lipinski definition) is 0. The molecule has 2 rings (SSSR count). The van der Waals surface area contributed by atoms with E-state index in [1.165, 1.54) is 17.1 Å². The molecule has 1 aliphatic heterocycles. The van der Waals surface area contributed by atoms with E-state index in [0.717, 1.165) is 18.9 Å². The van der Waals surface area contributed by atoms with Crippen molar-refractivity contribution in [3.8, 4) is 0 Å². The first-order valence-electron chi connectivity index (χ1n) is 6.81. The summed E-state index contributed by atoms with van der Waals surface area (Å²) in [5.41, 5.74) is 1.54. The van der Waals surface area contributed by atoms with Crippen LogP contribution in [0.5, 0.6) is 0 Å². The molecule has 2 nitrogen and oxygen atoms in total. The zero-order valence-electron chi connectivity index (χ0n) is 11.9. The minimum absolute atomic E-state index is 0.198. The maximum Gasteiger partial charge on any atom is 0.128 e. The monoisotopic (exact) mass is 264 g/mol. The van der Waals surface area contributed by atoms with Gasteiger partial charge < -0.3 is 4.90 Å². The van der Waals surface area contributed by atoms with Gasteiger partial charge >= 0.3 is 0 Å². The zero-order valence-corrected chi connectivity index (χ0v) is 12.8. The van der Waals surface area contributed by atoms with Crippen LogP contribution in [0.3, 0.4) is 0 Å². The third-order valence-corrected chi connectivity index (χ3v) is 5.21. The van der Waals surface area contributed by atoms with E-state index in [2.05, 4.69) is 55.9 Å². The Kier molecular flexibility index (Phi) is 4.21. The highest BCUT2D eigenvalue weighted by molar-refractivity contribution is 7.99. The summed E-state index contributed by atoms with van der Waals surface area (Å²) in [6.45, 7) is 11.4. The van der Waals surface area contributed by atoms with Crippen LogP contribution in [0, 0.1) is 5.92 Å². The Bertz CT molecular complexity index is 378. The summed E-state index contributed by atoms with van der Waals surface area (Å²) in [6, 6.07) is 4.44. The Morgan fingerprint density at radius 2 is 1.89 bits per heavy atom. The maximum atomic E-state index is 4.67. The van der Waals surface area contributed by atoms with E-state index in [1.807, 2.05) is 11.8 Å². The first-order chi connectivity index (χ1) is 8.51. The summed E-state index contributed by atoms with van der Waals surface area (Å²) in [6.07, 6.45) is 2.07. The average molecular weight is 264 g/mol. The van der Waals surface area contributed by atoms with Crippen molar-refractivity contribution in [2.75, 3.05) is 29.5 Å². The molecule has 0 atom stereocenters. The highest BCUT2D eigenvalue weighted by Crippen LogP contribution is 2.31. The van der Waals surface area contributed by atoms with Gasteiger partial charge in [0.2, 0.25) is 0 Å². The summed E-state index contributed by atoms with van der Waals surface area (Å²) >= 11 is 2.04. The minimum atomic E-state index is 0.198. The second kappa shape index (κ2) is 5.52. The van der Waals surface area contributed by atoms with Crippen molar-refractivity contribution >= 4 is 17.6 Å². The highest BCUT2D eigenvalue weighted by atomic mass is 32.2. The summed E-state index contributed by atoms with van der Waals surface area (Å²) in [7, 11) is 0. The number of rotatable bonds is 3. The van der Waals surface area contributed by atoms with E-state index in [-0.39, 0.29) is 5.41 Å². The van der Waals surface area contributed by atoms with Crippen LogP contribution in [-0.2, 0) is 5.41 Å². The Balaban J connectivity index is 2.14. The number of hydrogen-bond acceptors (Lipinski definition) is 3. The number of aromatic nitrogens is 1. The van der Waals surface area contributed by atoms with Crippen LogP contribution in [0.4, 0.5) is 5.82 Å². The molecule has 1 aliphatic rings. The topological polar surface area (TPSA) is 16.1 Å². The molecule has 1 saturated heterocycles. The Morgan fingerprint density at radius 1 is 1.22 bits per heavy atom. The third-order valence-electron chi connectivity index (χ3n) is 4.27. The van der Waals surface area contributed by atoms with Gasteiger partial charge in [-0.1, -0.05) is 33.8 Å². The van der Waals surface area contributed by atoms with Crippen molar-refractivity contribution in [3.05, 3.63) is 23.9 Å². The number of anilines is 1.